The Bertz CT molecular complexity index is 94.1. The fourth-order valence-corrected chi connectivity index (χ4v) is 0.367. The molecule has 0 aromatic rings. The number of thioether (sulfide) groups is 1. The highest BCUT2D eigenvalue weighted by Gasteiger charge is 1.99. The summed E-state index contributed by atoms with van der Waals surface area (Å²) in [7, 11) is 0. The third-order valence-electron chi connectivity index (χ3n) is 0.942. The van der Waals surface area contributed by atoms with Crippen LogP contribution >= 0.6 is 11.8 Å². The lowest BCUT2D eigenvalue weighted by Gasteiger charge is -2.06. The molecule has 0 aromatic heterocycles. The van der Waals surface area contributed by atoms with Gasteiger partial charge in [0.1, 0.15) is 0 Å². The van der Waals surface area contributed by atoms with Crippen molar-refractivity contribution >= 4 is 17.7 Å². The highest BCUT2D eigenvalue weighted by molar-refractivity contribution is 7.97. The lowest BCUT2D eigenvalue weighted by atomic mass is 10.3. The molecule has 0 spiro atoms. The zero-order chi connectivity index (χ0) is 9.28. The molecule has 0 aromatic carbocycles. The SMILES string of the molecule is CCC(C)OC(C)=O.CSC. The van der Waals surface area contributed by atoms with Gasteiger partial charge in [-0.3, -0.25) is 4.79 Å². The van der Waals surface area contributed by atoms with Gasteiger partial charge in [0.15, 0.2) is 0 Å². The van der Waals surface area contributed by atoms with Crippen molar-refractivity contribution in [2.24, 2.45) is 0 Å². The van der Waals surface area contributed by atoms with Crippen molar-refractivity contribution in [3.63, 3.8) is 0 Å². The van der Waals surface area contributed by atoms with Crippen LogP contribution in [0.15, 0.2) is 0 Å². The van der Waals surface area contributed by atoms with Crippen LogP contribution in [0.5, 0.6) is 0 Å². The summed E-state index contributed by atoms with van der Waals surface area (Å²) in [5.74, 6) is -0.195. The minimum Gasteiger partial charge on any atom is -0.463 e. The zero-order valence-corrected chi connectivity index (χ0v) is 8.83. The minimum atomic E-state index is -0.195. The van der Waals surface area contributed by atoms with Crippen LogP contribution in [-0.4, -0.2) is 24.6 Å². The predicted molar refractivity (Wildman–Crippen MR) is 51.0 cm³/mol. The summed E-state index contributed by atoms with van der Waals surface area (Å²) in [6.07, 6.45) is 5.05. The number of ether oxygens (including phenoxy) is 1. The van der Waals surface area contributed by atoms with Crippen molar-refractivity contribution in [1.82, 2.24) is 0 Å². The Morgan fingerprint density at radius 1 is 1.55 bits per heavy atom. The molecule has 0 N–H and O–H groups in total. The maximum atomic E-state index is 10.2. The van der Waals surface area contributed by atoms with Gasteiger partial charge < -0.3 is 4.74 Å². The second-order valence-corrected chi connectivity index (χ2v) is 3.05. The van der Waals surface area contributed by atoms with Gasteiger partial charge in [0.25, 0.3) is 0 Å². The molecule has 1 unspecified atom stereocenters. The number of carbonyl (C=O) groups excluding carboxylic acids is 1. The predicted octanol–water partition coefficient (Wildman–Crippen LogP) is 2.33. The molecule has 1 atom stereocenters. The maximum absolute atomic E-state index is 10.2. The molecule has 0 saturated heterocycles. The van der Waals surface area contributed by atoms with E-state index in [1.165, 1.54) is 6.92 Å². The van der Waals surface area contributed by atoms with E-state index in [-0.39, 0.29) is 12.1 Å². The van der Waals surface area contributed by atoms with Gasteiger partial charge >= 0.3 is 5.97 Å². The molecule has 0 aliphatic carbocycles. The molecule has 0 aliphatic heterocycles. The van der Waals surface area contributed by atoms with Crippen LogP contribution in [0.25, 0.3) is 0 Å². The van der Waals surface area contributed by atoms with E-state index in [9.17, 15) is 4.79 Å². The molecule has 0 radical (unpaired) electrons. The van der Waals surface area contributed by atoms with E-state index in [1.807, 2.05) is 26.4 Å². The number of hydrogen-bond donors (Lipinski definition) is 0. The van der Waals surface area contributed by atoms with Crippen LogP contribution in [0.4, 0.5) is 0 Å². The monoisotopic (exact) mass is 178 g/mol. The van der Waals surface area contributed by atoms with E-state index >= 15 is 0 Å². The molecule has 0 amide bonds. The van der Waals surface area contributed by atoms with Crippen molar-refractivity contribution in [2.75, 3.05) is 12.5 Å². The van der Waals surface area contributed by atoms with Gasteiger partial charge in [0, 0.05) is 6.92 Å². The van der Waals surface area contributed by atoms with Crippen LogP contribution < -0.4 is 0 Å². The van der Waals surface area contributed by atoms with Crippen molar-refractivity contribution in [2.45, 2.75) is 33.3 Å². The quantitative estimate of drug-likeness (QED) is 0.607. The summed E-state index contributed by atoms with van der Waals surface area (Å²) >= 11 is 1.75. The van der Waals surface area contributed by atoms with Gasteiger partial charge in [0.05, 0.1) is 6.10 Å². The molecule has 68 valence electrons. The molecule has 0 saturated carbocycles. The van der Waals surface area contributed by atoms with Gasteiger partial charge in [-0.05, 0) is 25.9 Å². The van der Waals surface area contributed by atoms with E-state index in [0.717, 1.165) is 6.42 Å². The zero-order valence-electron chi connectivity index (χ0n) is 8.01. The molecule has 0 heterocycles. The van der Waals surface area contributed by atoms with Gasteiger partial charge in [0.2, 0.25) is 0 Å². The Kier molecular flexibility index (Phi) is 12.0. The first-order valence-corrected chi connectivity index (χ1v) is 5.29. The van der Waals surface area contributed by atoms with Gasteiger partial charge in [-0.25, -0.2) is 0 Å². The highest BCUT2D eigenvalue weighted by atomic mass is 32.2. The standard InChI is InChI=1S/C6H12O2.C2H6S/c1-4-5(2)8-6(3)7;1-3-2/h5H,4H2,1-3H3;1-2H3. The van der Waals surface area contributed by atoms with Crippen LogP contribution in [0.2, 0.25) is 0 Å². The lowest BCUT2D eigenvalue weighted by Crippen LogP contribution is -2.09. The normalized spacial score (nSPS) is 11.0. The molecule has 0 bridgehead atoms. The summed E-state index contributed by atoms with van der Waals surface area (Å²) in [4.78, 5) is 10.2. The summed E-state index contributed by atoms with van der Waals surface area (Å²) < 4.78 is 4.76. The van der Waals surface area contributed by atoms with Gasteiger partial charge in [-0.2, -0.15) is 11.8 Å². The van der Waals surface area contributed by atoms with E-state index < -0.39 is 0 Å². The fourth-order valence-electron chi connectivity index (χ4n) is 0.367. The Balaban J connectivity index is 0. The van der Waals surface area contributed by atoms with Crippen LogP contribution in [0.1, 0.15) is 27.2 Å². The molecule has 2 nitrogen and oxygen atoms in total. The average molecular weight is 178 g/mol. The first-order valence-electron chi connectivity index (χ1n) is 3.65. The first kappa shape index (κ1) is 13.4. The number of rotatable bonds is 2. The summed E-state index contributed by atoms with van der Waals surface area (Å²) in [5, 5.41) is 0. The van der Waals surface area contributed by atoms with Crippen molar-refractivity contribution in [3.8, 4) is 0 Å². The summed E-state index contributed by atoms with van der Waals surface area (Å²) in [6.45, 7) is 5.28. The molecule has 0 fully saturated rings. The number of hydrogen-bond acceptors (Lipinski definition) is 3. The second kappa shape index (κ2) is 9.82. The number of esters is 1. The molecule has 0 aliphatic rings. The maximum Gasteiger partial charge on any atom is 0.302 e. The third-order valence-corrected chi connectivity index (χ3v) is 0.942. The van der Waals surface area contributed by atoms with Crippen molar-refractivity contribution in [3.05, 3.63) is 0 Å². The Labute approximate surface area is 73.7 Å². The Morgan fingerprint density at radius 2 is 1.91 bits per heavy atom. The van der Waals surface area contributed by atoms with E-state index in [2.05, 4.69) is 0 Å². The molecule has 3 heteroatoms. The number of carbonyl (C=O) groups is 1. The van der Waals surface area contributed by atoms with E-state index in [4.69, 9.17) is 4.74 Å². The topological polar surface area (TPSA) is 26.3 Å². The Morgan fingerprint density at radius 3 is 2.00 bits per heavy atom. The fraction of sp³-hybridized carbons (Fsp3) is 0.875. The highest BCUT2D eigenvalue weighted by Crippen LogP contribution is 1.94. The largest absolute Gasteiger partial charge is 0.463 e. The molecular weight excluding hydrogens is 160 g/mol. The minimum absolute atomic E-state index is 0.0764. The smallest absolute Gasteiger partial charge is 0.302 e. The third kappa shape index (κ3) is 17.7. The second-order valence-electron chi connectivity index (χ2n) is 2.24. The van der Waals surface area contributed by atoms with Gasteiger partial charge in [-0.15, -0.1) is 0 Å². The average Bonchev–Trinajstić information content (AvgIpc) is 1.88. The van der Waals surface area contributed by atoms with E-state index in [1.54, 1.807) is 11.8 Å². The summed E-state index contributed by atoms with van der Waals surface area (Å²) in [5.41, 5.74) is 0. The molecular formula is C8H18O2S. The van der Waals surface area contributed by atoms with Crippen molar-refractivity contribution in [1.29, 1.82) is 0 Å². The molecule has 0 rings (SSSR count). The van der Waals surface area contributed by atoms with Crippen LogP contribution in [-0.2, 0) is 9.53 Å². The van der Waals surface area contributed by atoms with Crippen LogP contribution in [0, 0.1) is 0 Å². The summed E-state index contributed by atoms with van der Waals surface area (Å²) in [6, 6.07) is 0. The lowest BCUT2D eigenvalue weighted by molar-refractivity contribution is -0.145. The molecule has 11 heavy (non-hydrogen) atoms. The Hall–Kier alpha value is -0.180. The van der Waals surface area contributed by atoms with Gasteiger partial charge in [-0.1, -0.05) is 6.92 Å². The van der Waals surface area contributed by atoms with Crippen molar-refractivity contribution < 1.29 is 9.53 Å². The van der Waals surface area contributed by atoms with E-state index in [0.29, 0.717) is 0 Å². The first-order chi connectivity index (χ1) is 5.08. The van der Waals surface area contributed by atoms with Crippen LogP contribution in [0.3, 0.4) is 0 Å².